The van der Waals surface area contributed by atoms with Crippen molar-refractivity contribution >= 4 is 0 Å². The van der Waals surface area contributed by atoms with Gasteiger partial charge in [0.1, 0.15) is 0 Å². The second-order valence-electron chi connectivity index (χ2n) is 5.02. The van der Waals surface area contributed by atoms with Crippen LogP contribution in [0, 0.1) is 0 Å². The first kappa shape index (κ1) is 14.5. The summed E-state index contributed by atoms with van der Waals surface area (Å²) in [5.74, 6) is 0. The number of fused-ring (bicyclic) bond motifs is 1. The van der Waals surface area contributed by atoms with Crippen molar-refractivity contribution in [2.24, 2.45) is 0 Å². The van der Waals surface area contributed by atoms with Crippen molar-refractivity contribution in [1.29, 1.82) is 0 Å². The van der Waals surface area contributed by atoms with E-state index in [1.165, 1.54) is 11.1 Å². The number of methoxy groups -OCH3 is 2. The molecule has 1 aliphatic heterocycles. The predicted octanol–water partition coefficient (Wildman–Crippen LogP) is 0.952. The number of rotatable bonds is 7. The molecular weight excluding hydrogens is 240 g/mol. The van der Waals surface area contributed by atoms with Crippen LogP contribution in [0.15, 0.2) is 24.3 Å². The maximum atomic E-state index is 5.33. The number of hydrogen-bond donors (Lipinski definition) is 2. The van der Waals surface area contributed by atoms with E-state index in [0.29, 0.717) is 12.6 Å². The van der Waals surface area contributed by atoms with Crippen LogP contribution in [0.4, 0.5) is 0 Å². The zero-order valence-corrected chi connectivity index (χ0v) is 11.8. The van der Waals surface area contributed by atoms with Gasteiger partial charge < -0.3 is 20.1 Å². The van der Waals surface area contributed by atoms with Crippen molar-refractivity contribution in [2.75, 3.05) is 33.9 Å². The molecule has 19 heavy (non-hydrogen) atoms. The Morgan fingerprint density at radius 3 is 2.84 bits per heavy atom. The Hall–Kier alpha value is -0.940. The first-order chi connectivity index (χ1) is 9.33. The van der Waals surface area contributed by atoms with Gasteiger partial charge in [0.05, 0.1) is 12.7 Å². The molecule has 1 heterocycles. The van der Waals surface area contributed by atoms with Gasteiger partial charge in [0.2, 0.25) is 0 Å². The van der Waals surface area contributed by atoms with E-state index in [0.717, 1.165) is 26.1 Å². The molecule has 2 unspecified atom stereocenters. The van der Waals surface area contributed by atoms with E-state index in [1.54, 1.807) is 14.2 Å². The van der Waals surface area contributed by atoms with Crippen LogP contribution in [0.25, 0.3) is 0 Å². The molecule has 4 nitrogen and oxygen atoms in total. The van der Waals surface area contributed by atoms with Crippen LogP contribution < -0.4 is 10.6 Å². The molecule has 4 heteroatoms. The molecule has 2 N–H and O–H groups in total. The molecule has 2 atom stereocenters. The van der Waals surface area contributed by atoms with Gasteiger partial charge in [0, 0.05) is 39.9 Å². The van der Waals surface area contributed by atoms with Gasteiger partial charge in [-0.15, -0.1) is 0 Å². The van der Waals surface area contributed by atoms with Crippen LogP contribution in [0.5, 0.6) is 0 Å². The van der Waals surface area contributed by atoms with E-state index < -0.39 is 0 Å². The Morgan fingerprint density at radius 2 is 2.11 bits per heavy atom. The average molecular weight is 264 g/mol. The predicted molar refractivity (Wildman–Crippen MR) is 76.3 cm³/mol. The summed E-state index contributed by atoms with van der Waals surface area (Å²) in [6, 6.07) is 9.15. The molecule has 0 aliphatic carbocycles. The summed E-state index contributed by atoms with van der Waals surface area (Å²) in [6.07, 6.45) is 1.21. The minimum atomic E-state index is 0.126. The average Bonchev–Trinajstić information content (AvgIpc) is 2.46. The number of hydrogen-bond acceptors (Lipinski definition) is 4. The minimum absolute atomic E-state index is 0.126. The molecule has 106 valence electrons. The summed E-state index contributed by atoms with van der Waals surface area (Å²) in [7, 11) is 3.42. The summed E-state index contributed by atoms with van der Waals surface area (Å²) in [4.78, 5) is 0. The lowest BCUT2D eigenvalue weighted by molar-refractivity contribution is 0.0287. The van der Waals surface area contributed by atoms with Crippen molar-refractivity contribution in [3.05, 3.63) is 35.4 Å². The second-order valence-corrected chi connectivity index (χ2v) is 5.02. The van der Waals surface area contributed by atoms with Gasteiger partial charge >= 0.3 is 0 Å². The standard InChI is InChI=1S/C15H24N2O2/c1-18-11-15(19-2)10-16-9-14-7-12-5-3-4-6-13(12)8-17-14/h3-6,14-17H,7-11H2,1-2H3. The Balaban J connectivity index is 1.73. The van der Waals surface area contributed by atoms with Crippen molar-refractivity contribution < 1.29 is 9.47 Å². The summed E-state index contributed by atoms with van der Waals surface area (Å²) in [5.41, 5.74) is 2.89. The second kappa shape index (κ2) is 7.60. The lowest BCUT2D eigenvalue weighted by Gasteiger charge is -2.27. The maximum absolute atomic E-state index is 5.33. The first-order valence-electron chi connectivity index (χ1n) is 6.86. The summed E-state index contributed by atoms with van der Waals surface area (Å²) < 4.78 is 10.4. The van der Waals surface area contributed by atoms with E-state index in [-0.39, 0.29) is 6.10 Å². The fourth-order valence-electron chi connectivity index (χ4n) is 2.48. The fourth-order valence-corrected chi connectivity index (χ4v) is 2.48. The van der Waals surface area contributed by atoms with Crippen molar-refractivity contribution in [1.82, 2.24) is 10.6 Å². The van der Waals surface area contributed by atoms with Gasteiger partial charge in [-0.25, -0.2) is 0 Å². The van der Waals surface area contributed by atoms with Gasteiger partial charge in [-0.3, -0.25) is 0 Å². The van der Waals surface area contributed by atoms with Crippen LogP contribution in [-0.4, -0.2) is 46.1 Å². The van der Waals surface area contributed by atoms with Gasteiger partial charge in [-0.05, 0) is 17.5 Å². The Morgan fingerprint density at radius 1 is 1.32 bits per heavy atom. The molecule has 0 bridgehead atoms. The maximum Gasteiger partial charge on any atom is 0.0928 e. The molecule has 1 aromatic carbocycles. The third kappa shape index (κ3) is 4.28. The molecule has 1 aliphatic rings. The Kier molecular flexibility index (Phi) is 5.79. The Labute approximate surface area is 115 Å². The first-order valence-corrected chi connectivity index (χ1v) is 6.86. The normalized spacial score (nSPS) is 20.0. The van der Waals surface area contributed by atoms with E-state index in [9.17, 15) is 0 Å². The topological polar surface area (TPSA) is 42.5 Å². The molecule has 0 radical (unpaired) electrons. The number of nitrogens with one attached hydrogen (secondary N) is 2. The molecule has 0 aromatic heterocycles. The lowest BCUT2D eigenvalue weighted by atomic mass is 9.96. The highest BCUT2D eigenvalue weighted by Gasteiger charge is 2.17. The molecule has 0 spiro atoms. The van der Waals surface area contributed by atoms with Crippen LogP contribution in [0.2, 0.25) is 0 Å². The van der Waals surface area contributed by atoms with E-state index >= 15 is 0 Å². The highest BCUT2D eigenvalue weighted by Crippen LogP contribution is 2.15. The molecule has 0 amide bonds. The van der Waals surface area contributed by atoms with E-state index in [4.69, 9.17) is 9.47 Å². The number of ether oxygens (including phenoxy) is 2. The smallest absolute Gasteiger partial charge is 0.0928 e. The third-order valence-electron chi connectivity index (χ3n) is 3.61. The largest absolute Gasteiger partial charge is 0.382 e. The van der Waals surface area contributed by atoms with Gasteiger partial charge in [0.25, 0.3) is 0 Å². The SMILES string of the molecule is COCC(CNCC1Cc2ccccc2CN1)OC. The lowest BCUT2D eigenvalue weighted by Crippen LogP contribution is -2.45. The molecular formula is C15H24N2O2. The fraction of sp³-hybridized carbons (Fsp3) is 0.600. The van der Waals surface area contributed by atoms with Crippen LogP contribution >= 0.6 is 0 Å². The highest BCUT2D eigenvalue weighted by atomic mass is 16.5. The summed E-state index contributed by atoms with van der Waals surface area (Å²) in [6.45, 7) is 3.38. The zero-order valence-electron chi connectivity index (χ0n) is 11.8. The molecule has 2 rings (SSSR count). The third-order valence-corrected chi connectivity index (χ3v) is 3.61. The monoisotopic (exact) mass is 264 g/mol. The molecule has 0 saturated carbocycles. The molecule has 1 aromatic rings. The van der Waals surface area contributed by atoms with E-state index in [2.05, 4.69) is 34.9 Å². The van der Waals surface area contributed by atoms with Gasteiger partial charge in [0.15, 0.2) is 0 Å². The highest BCUT2D eigenvalue weighted by molar-refractivity contribution is 5.29. The molecule has 0 fully saturated rings. The number of benzene rings is 1. The quantitative estimate of drug-likeness (QED) is 0.769. The van der Waals surface area contributed by atoms with Gasteiger partial charge in [-0.2, -0.15) is 0 Å². The van der Waals surface area contributed by atoms with Crippen molar-refractivity contribution in [3.63, 3.8) is 0 Å². The zero-order chi connectivity index (χ0) is 13.5. The van der Waals surface area contributed by atoms with E-state index in [1.807, 2.05) is 0 Å². The van der Waals surface area contributed by atoms with Crippen LogP contribution in [0.1, 0.15) is 11.1 Å². The van der Waals surface area contributed by atoms with Gasteiger partial charge in [-0.1, -0.05) is 24.3 Å². The van der Waals surface area contributed by atoms with Crippen LogP contribution in [-0.2, 0) is 22.4 Å². The Bertz CT molecular complexity index is 384. The van der Waals surface area contributed by atoms with Crippen LogP contribution in [0.3, 0.4) is 0 Å². The minimum Gasteiger partial charge on any atom is -0.382 e. The summed E-state index contributed by atoms with van der Waals surface area (Å²) >= 11 is 0. The summed E-state index contributed by atoms with van der Waals surface area (Å²) in [5, 5.41) is 7.02. The van der Waals surface area contributed by atoms with Crippen molar-refractivity contribution in [3.8, 4) is 0 Å². The van der Waals surface area contributed by atoms with Crippen molar-refractivity contribution in [2.45, 2.75) is 25.1 Å². The molecule has 0 saturated heterocycles.